The Morgan fingerprint density at radius 1 is 1.06 bits per heavy atom. The average Bonchev–Trinajstić information content (AvgIpc) is 2.26. The van der Waals surface area contributed by atoms with Gasteiger partial charge in [-0.1, -0.05) is 25.3 Å². The van der Waals surface area contributed by atoms with Gasteiger partial charge in [0.15, 0.2) is 0 Å². The van der Waals surface area contributed by atoms with Crippen LogP contribution in [0.2, 0.25) is 0 Å². The van der Waals surface area contributed by atoms with Gasteiger partial charge in [0.2, 0.25) is 0 Å². The molecular weight excluding hydrogens is 220 g/mol. The van der Waals surface area contributed by atoms with E-state index in [0.717, 1.165) is 32.1 Å². The molecule has 1 atom stereocenters. The summed E-state index contributed by atoms with van der Waals surface area (Å²) in [4.78, 5) is 21.2. The van der Waals surface area contributed by atoms with Crippen LogP contribution < -0.4 is 0 Å². The Bertz CT molecular complexity index is 248. The number of rotatable bonds is 11. The second-order valence-corrected chi connectivity index (χ2v) is 4.25. The summed E-state index contributed by atoms with van der Waals surface area (Å²) in [5.74, 6) is -2.31. The van der Waals surface area contributed by atoms with Crippen molar-refractivity contribution in [3.05, 3.63) is 12.7 Å². The fourth-order valence-electron chi connectivity index (χ4n) is 1.72. The van der Waals surface area contributed by atoms with Crippen LogP contribution in [-0.2, 0) is 9.59 Å². The first-order chi connectivity index (χ1) is 8.07. The van der Waals surface area contributed by atoms with Gasteiger partial charge >= 0.3 is 11.9 Å². The molecule has 0 aliphatic rings. The lowest BCUT2D eigenvalue weighted by molar-refractivity contribution is -0.143. The molecule has 0 rings (SSSR count). The van der Waals surface area contributed by atoms with Gasteiger partial charge in [0.1, 0.15) is 0 Å². The van der Waals surface area contributed by atoms with Crippen molar-refractivity contribution < 1.29 is 19.8 Å². The molecule has 2 N–H and O–H groups in total. The maximum atomic E-state index is 10.9. The van der Waals surface area contributed by atoms with E-state index in [0.29, 0.717) is 6.42 Å². The van der Waals surface area contributed by atoms with Crippen LogP contribution in [0.3, 0.4) is 0 Å². The Morgan fingerprint density at radius 2 is 1.71 bits per heavy atom. The summed E-state index contributed by atoms with van der Waals surface area (Å²) in [6, 6.07) is 0. The minimum absolute atomic E-state index is 0.0621. The third-order valence-corrected chi connectivity index (χ3v) is 2.77. The summed E-state index contributed by atoms with van der Waals surface area (Å²) in [7, 11) is 0. The Labute approximate surface area is 102 Å². The van der Waals surface area contributed by atoms with Crippen LogP contribution in [0.1, 0.15) is 51.4 Å². The van der Waals surface area contributed by atoms with Gasteiger partial charge < -0.3 is 10.2 Å². The van der Waals surface area contributed by atoms with Crippen molar-refractivity contribution in [2.24, 2.45) is 5.92 Å². The van der Waals surface area contributed by atoms with Crippen LogP contribution in [0.25, 0.3) is 0 Å². The third kappa shape index (κ3) is 9.60. The molecule has 0 bridgehead atoms. The molecular formula is C13H22O4. The Hall–Kier alpha value is -1.32. The third-order valence-electron chi connectivity index (χ3n) is 2.77. The maximum absolute atomic E-state index is 10.9. The molecule has 0 aliphatic heterocycles. The predicted octanol–water partition coefficient (Wildman–Crippen LogP) is 3.08. The molecule has 0 amide bonds. The van der Waals surface area contributed by atoms with Gasteiger partial charge in [-0.05, 0) is 25.7 Å². The van der Waals surface area contributed by atoms with Crippen LogP contribution in [-0.4, -0.2) is 22.2 Å². The summed E-state index contributed by atoms with van der Waals surface area (Å²) < 4.78 is 0. The van der Waals surface area contributed by atoms with E-state index in [1.807, 2.05) is 6.08 Å². The number of carbonyl (C=O) groups is 2. The van der Waals surface area contributed by atoms with E-state index in [2.05, 4.69) is 6.58 Å². The van der Waals surface area contributed by atoms with Gasteiger partial charge in [-0.3, -0.25) is 9.59 Å². The average molecular weight is 242 g/mol. The van der Waals surface area contributed by atoms with Crippen molar-refractivity contribution in [1.82, 2.24) is 0 Å². The monoisotopic (exact) mass is 242 g/mol. The highest BCUT2D eigenvalue weighted by Gasteiger charge is 2.17. The summed E-state index contributed by atoms with van der Waals surface area (Å²) in [5, 5.41) is 17.4. The van der Waals surface area contributed by atoms with Gasteiger partial charge in [-0.15, -0.1) is 6.58 Å². The van der Waals surface area contributed by atoms with E-state index in [1.54, 1.807) is 0 Å². The summed E-state index contributed by atoms with van der Waals surface area (Å²) in [6.45, 7) is 3.64. The van der Waals surface area contributed by atoms with Gasteiger partial charge in [0, 0.05) is 6.42 Å². The van der Waals surface area contributed by atoms with Crippen molar-refractivity contribution in [1.29, 1.82) is 0 Å². The summed E-state index contributed by atoms with van der Waals surface area (Å²) >= 11 is 0. The summed E-state index contributed by atoms with van der Waals surface area (Å²) in [6.07, 6.45) is 7.67. The topological polar surface area (TPSA) is 74.6 Å². The van der Waals surface area contributed by atoms with Gasteiger partial charge in [-0.25, -0.2) is 0 Å². The first-order valence-electron chi connectivity index (χ1n) is 6.13. The Kier molecular flexibility index (Phi) is 9.11. The number of unbranched alkanes of at least 4 members (excludes halogenated alkanes) is 4. The van der Waals surface area contributed by atoms with Crippen LogP contribution in [0.4, 0.5) is 0 Å². The van der Waals surface area contributed by atoms with Crippen molar-refractivity contribution in [2.75, 3.05) is 0 Å². The van der Waals surface area contributed by atoms with Crippen molar-refractivity contribution >= 4 is 11.9 Å². The fraction of sp³-hybridized carbons (Fsp3) is 0.692. The zero-order valence-corrected chi connectivity index (χ0v) is 10.2. The van der Waals surface area contributed by atoms with E-state index in [1.165, 1.54) is 0 Å². The highest BCUT2D eigenvalue weighted by molar-refractivity contribution is 5.72. The van der Waals surface area contributed by atoms with Crippen LogP contribution in [0.15, 0.2) is 12.7 Å². The normalized spacial score (nSPS) is 12.0. The quantitative estimate of drug-likeness (QED) is 0.431. The molecule has 0 saturated carbocycles. The molecule has 4 heteroatoms. The first kappa shape index (κ1) is 15.7. The van der Waals surface area contributed by atoms with Gasteiger partial charge in [-0.2, -0.15) is 0 Å². The standard InChI is InChI=1S/C13H22O4/c1-2-3-4-5-6-7-8-11(13(16)17)9-10-12(14)15/h2,11H,1,3-10H2,(H,14,15)(H,16,17)/t11-/m1/s1. The van der Waals surface area contributed by atoms with Crippen molar-refractivity contribution in [3.63, 3.8) is 0 Å². The van der Waals surface area contributed by atoms with Crippen LogP contribution in [0, 0.1) is 5.92 Å². The van der Waals surface area contributed by atoms with Gasteiger partial charge in [0.05, 0.1) is 5.92 Å². The zero-order valence-electron chi connectivity index (χ0n) is 10.2. The van der Waals surface area contributed by atoms with Crippen LogP contribution >= 0.6 is 0 Å². The molecule has 17 heavy (non-hydrogen) atoms. The maximum Gasteiger partial charge on any atom is 0.306 e. The summed E-state index contributed by atoms with van der Waals surface area (Å²) in [5.41, 5.74) is 0. The number of aliphatic carboxylic acids is 2. The minimum atomic E-state index is -0.928. The lowest BCUT2D eigenvalue weighted by Gasteiger charge is -2.10. The molecule has 0 aromatic rings. The number of hydrogen-bond donors (Lipinski definition) is 2. The largest absolute Gasteiger partial charge is 0.481 e. The van der Waals surface area contributed by atoms with E-state index in [4.69, 9.17) is 10.2 Å². The lowest BCUT2D eigenvalue weighted by Crippen LogP contribution is -2.15. The zero-order chi connectivity index (χ0) is 13.1. The van der Waals surface area contributed by atoms with Crippen molar-refractivity contribution in [2.45, 2.75) is 51.4 Å². The molecule has 0 spiro atoms. The van der Waals surface area contributed by atoms with E-state index < -0.39 is 17.9 Å². The molecule has 0 fully saturated rings. The number of hydrogen-bond acceptors (Lipinski definition) is 2. The highest BCUT2D eigenvalue weighted by atomic mass is 16.4. The molecule has 0 heterocycles. The molecule has 4 nitrogen and oxygen atoms in total. The lowest BCUT2D eigenvalue weighted by atomic mass is 9.96. The second-order valence-electron chi connectivity index (χ2n) is 4.25. The number of carboxylic acid groups (broad SMARTS) is 2. The van der Waals surface area contributed by atoms with E-state index in [-0.39, 0.29) is 12.8 Å². The molecule has 0 aromatic heterocycles. The molecule has 98 valence electrons. The SMILES string of the molecule is C=CCCCCCC[C@H](CCC(=O)O)C(=O)O. The van der Waals surface area contributed by atoms with Crippen LogP contribution in [0.5, 0.6) is 0 Å². The highest BCUT2D eigenvalue weighted by Crippen LogP contribution is 2.17. The van der Waals surface area contributed by atoms with Crippen molar-refractivity contribution in [3.8, 4) is 0 Å². The smallest absolute Gasteiger partial charge is 0.306 e. The molecule has 0 aliphatic carbocycles. The molecule has 0 radical (unpaired) electrons. The predicted molar refractivity (Wildman–Crippen MR) is 65.9 cm³/mol. The Balaban J connectivity index is 3.66. The van der Waals surface area contributed by atoms with E-state index >= 15 is 0 Å². The number of carboxylic acids is 2. The van der Waals surface area contributed by atoms with E-state index in [9.17, 15) is 9.59 Å². The molecule has 0 saturated heterocycles. The second kappa shape index (κ2) is 9.87. The molecule has 0 unspecified atom stereocenters. The first-order valence-corrected chi connectivity index (χ1v) is 6.13. The number of allylic oxidation sites excluding steroid dienone is 1. The Morgan fingerprint density at radius 3 is 2.24 bits per heavy atom. The molecule has 0 aromatic carbocycles. The van der Waals surface area contributed by atoms with Gasteiger partial charge in [0.25, 0.3) is 0 Å². The fourth-order valence-corrected chi connectivity index (χ4v) is 1.72. The minimum Gasteiger partial charge on any atom is -0.481 e.